The van der Waals surface area contributed by atoms with E-state index in [0.717, 1.165) is 4.90 Å². The van der Waals surface area contributed by atoms with E-state index in [-0.39, 0.29) is 35.7 Å². The Labute approximate surface area is 321 Å². The average Bonchev–Trinajstić information content (AvgIpc) is 4.01. The van der Waals surface area contributed by atoms with Gasteiger partial charge in [0, 0.05) is 31.4 Å². The number of nitrogens with zero attached hydrogens (tertiary/aromatic N) is 3. The largest absolute Gasteiger partial charge is 0.497 e. The van der Waals surface area contributed by atoms with Crippen LogP contribution in [-0.2, 0) is 35.3 Å². The number of rotatable bonds is 9. The second-order valence-electron chi connectivity index (χ2n) is 15.4. The lowest BCUT2D eigenvalue weighted by Gasteiger charge is -2.33. The number of alkyl halides is 3. The van der Waals surface area contributed by atoms with Crippen molar-refractivity contribution in [1.82, 2.24) is 30.2 Å². The van der Waals surface area contributed by atoms with Crippen LogP contribution in [0.2, 0.25) is 0 Å². The van der Waals surface area contributed by atoms with Crippen LogP contribution in [0.3, 0.4) is 0 Å². The number of carboxylic acid groups (broad SMARTS) is 1. The summed E-state index contributed by atoms with van der Waals surface area (Å²) in [7, 11) is -1.37. The predicted molar refractivity (Wildman–Crippen MR) is 192 cm³/mol. The normalized spacial score (nSPS) is 29.2. The van der Waals surface area contributed by atoms with Crippen LogP contribution in [0.25, 0.3) is 11.0 Å². The molecule has 0 radical (unpaired) electrons. The molecular formula is C36H45F3N6O10S. The van der Waals surface area contributed by atoms with Gasteiger partial charge in [-0.2, -0.15) is 13.2 Å². The molecule has 7 atom stereocenters. The Hall–Kier alpha value is -4.72. The Kier molecular flexibility index (Phi) is 11.2. The molecule has 16 nitrogen and oxygen atoms in total. The third-order valence-electron chi connectivity index (χ3n) is 11.1. The Balaban J connectivity index is 1.39. The number of fused-ring (bicyclic) bond motifs is 3. The SMILES string of the molecule is COC[C@@H]1C[C@@H](C)CCC=C[C@@H]2C[C@@]2(C(=O)NS(=O)(=O)C2(C)CC2)NC(=O)[C@@H]2C[C@@H](Oc3nc4cc(OC)ccc4nc3C(F)(F)F)CN2C(=O)[C@H]1NC(=O)O. The molecule has 1 saturated heterocycles. The Morgan fingerprint density at radius 2 is 1.86 bits per heavy atom. The molecule has 4 aliphatic rings. The van der Waals surface area contributed by atoms with Crippen LogP contribution in [0, 0.1) is 17.8 Å². The van der Waals surface area contributed by atoms with Gasteiger partial charge < -0.3 is 34.9 Å². The topological polar surface area (TPSA) is 215 Å². The molecule has 0 spiro atoms. The van der Waals surface area contributed by atoms with Gasteiger partial charge in [-0.25, -0.2) is 23.2 Å². The lowest BCUT2D eigenvalue weighted by Crippen LogP contribution is -2.59. The first-order valence-corrected chi connectivity index (χ1v) is 19.7. The standard InChI is InChI=1S/C36H45F3N6O10S/c1-19-7-5-6-8-21-16-35(21,32(48)44-56(51,52)34(2)11-12-34)43-29(46)26-15-23(17-45(26)31(47)27(42-33(49)50)20(13-19)18-53-3)55-30-28(36(37,38)39)40-24-10-9-22(54-4)14-25(24)41-30/h6,8-10,14,19-21,23,26-27,42H,5,7,11-13,15-18H2,1-4H3,(H,43,46)(H,44,48)(H,49,50)/t19-,20-,21+,23+,26-,27-,35+/m0/s1. The summed E-state index contributed by atoms with van der Waals surface area (Å²) >= 11 is 0. The van der Waals surface area contributed by atoms with Gasteiger partial charge in [-0.15, -0.1) is 0 Å². The van der Waals surface area contributed by atoms with Crippen LogP contribution in [-0.4, -0.2) is 108 Å². The van der Waals surface area contributed by atoms with Crippen LogP contribution in [0.4, 0.5) is 18.0 Å². The van der Waals surface area contributed by atoms with Crippen LogP contribution in [0.5, 0.6) is 11.6 Å². The second-order valence-corrected chi connectivity index (χ2v) is 17.6. The highest BCUT2D eigenvalue weighted by atomic mass is 32.2. The highest BCUT2D eigenvalue weighted by Gasteiger charge is 2.63. The smallest absolute Gasteiger partial charge is 0.438 e. The van der Waals surface area contributed by atoms with Crippen LogP contribution in [0.15, 0.2) is 30.4 Å². The van der Waals surface area contributed by atoms with Gasteiger partial charge in [0.25, 0.3) is 5.91 Å². The number of ether oxygens (including phenoxy) is 3. The molecule has 4 N–H and O–H groups in total. The lowest BCUT2D eigenvalue weighted by atomic mass is 9.87. The first-order chi connectivity index (χ1) is 26.3. The number of carbonyl (C=O) groups is 4. The fourth-order valence-electron chi connectivity index (χ4n) is 7.49. The maximum Gasteiger partial charge on any atom is 0.438 e. The number of amides is 4. The van der Waals surface area contributed by atoms with Gasteiger partial charge in [0.1, 0.15) is 29.5 Å². The first-order valence-electron chi connectivity index (χ1n) is 18.2. The Morgan fingerprint density at radius 1 is 1.12 bits per heavy atom. The third kappa shape index (κ3) is 8.35. The van der Waals surface area contributed by atoms with Gasteiger partial charge in [-0.3, -0.25) is 19.1 Å². The molecule has 3 fully saturated rings. The summed E-state index contributed by atoms with van der Waals surface area (Å²) in [4.78, 5) is 63.7. The van der Waals surface area contributed by atoms with E-state index >= 15 is 0 Å². The molecule has 2 saturated carbocycles. The van der Waals surface area contributed by atoms with Crippen molar-refractivity contribution < 1.29 is 60.1 Å². The lowest BCUT2D eigenvalue weighted by molar-refractivity contribution is -0.143. The van der Waals surface area contributed by atoms with Crippen LogP contribution < -0.4 is 24.8 Å². The average molecular weight is 811 g/mol. The summed E-state index contributed by atoms with van der Waals surface area (Å²) in [5.74, 6) is -4.80. The highest BCUT2D eigenvalue weighted by Crippen LogP contribution is 2.48. The van der Waals surface area contributed by atoms with Crippen molar-refractivity contribution in [2.24, 2.45) is 17.8 Å². The van der Waals surface area contributed by atoms with E-state index in [4.69, 9.17) is 14.2 Å². The van der Waals surface area contributed by atoms with Crippen molar-refractivity contribution in [3.05, 3.63) is 36.0 Å². The number of aromatic nitrogens is 2. The van der Waals surface area contributed by atoms with Crippen molar-refractivity contribution in [2.45, 2.75) is 93.4 Å². The molecule has 2 aliphatic heterocycles. The summed E-state index contributed by atoms with van der Waals surface area (Å²) < 4.78 is 86.7. The minimum absolute atomic E-state index is 0.00653. The molecule has 3 heterocycles. The van der Waals surface area contributed by atoms with Crippen molar-refractivity contribution in [3.63, 3.8) is 0 Å². The minimum atomic E-state index is -5.03. The molecule has 56 heavy (non-hydrogen) atoms. The fourth-order valence-corrected chi connectivity index (χ4v) is 8.81. The van der Waals surface area contributed by atoms with Crippen molar-refractivity contribution >= 4 is 44.9 Å². The number of halogens is 3. The molecular weight excluding hydrogens is 765 g/mol. The molecule has 306 valence electrons. The van der Waals surface area contributed by atoms with E-state index in [2.05, 4.69) is 25.3 Å². The zero-order chi connectivity index (χ0) is 40.8. The van der Waals surface area contributed by atoms with E-state index < -0.39 is 105 Å². The van der Waals surface area contributed by atoms with Crippen molar-refractivity contribution in [1.29, 1.82) is 0 Å². The van der Waals surface area contributed by atoms with Gasteiger partial charge in [0.2, 0.25) is 33.4 Å². The fraction of sp³-hybridized carbons (Fsp3) is 0.611. The number of hydrogen-bond donors (Lipinski definition) is 4. The second kappa shape index (κ2) is 15.3. The molecule has 20 heteroatoms. The molecule has 2 aromatic rings. The van der Waals surface area contributed by atoms with Crippen LogP contribution >= 0.6 is 0 Å². The quantitative estimate of drug-likeness (QED) is 0.269. The van der Waals surface area contributed by atoms with E-state index in [9.17, 15) is 45.9 Å². The van der Waals surface area contributed by atoms with E-state index in [1.54, 1.807) is 6.08 Å². The zero-order valence-electron chi connectivity index (χ0n) is 31.2. The molecule has 2 aliphatic carbocycles. The number of benzene rings is 1. The molecule has 4 amide bonds. The molecule has 1 aromatic carbocycles. The zero-order valence-corrected chi connectivity index (χ0v) is 32.0. The van der Waals surface area contributed by atoms with Gasteiger partial charge in [-0.05, 0) is 63.5 Å². The molecule has 0 bridgehead atoms. The number of allylic oxidation sites excluding steroid dienone is 1. The maximum atomic E-state index is 14.5. The van der Waals surface area contributed by atoms with Gasteiger partial charge >= 0.3 is 12.3 Å². The number of sulfonamides is 1. The molecule has 1 aromatic heterocycles. The third-order valence-corrected chi connectivity index (χ3v) is 13.3. The summed E-state index contributed by atoms with van der Waals surface area (Å²) in [6, 6.07) is 1.10. The molecule has 6 rings (SSSR count). The van der Waals surface area contributed by atoms with Gasteiger partial charge in [-0.1, -0.05) is 19.1 Å². The monoisotopic (exact) mass is 810 g/mol. The minimum Gasteiger partial charge on any atom is -0.497 e. The summed E-state index contributed by atoms with van der Waals surface area (Å²) in [6.07, 6.45) is -2.56. The summed E-state index contributed by atoms with van der Waals surface area (Å²) in [5.41, 5.74) is -3.28. The molecule has 0 unspecified atom stereocenters. The van der Waals surface area contributed by atoms with Gasteiger partial charge in [0.05, 0.1) is 36.0 Å². The van der Waals surface area contributed by atoms with Crippen molar-refractivity contribution in [3.8, 4) is 11.6 Å². The summed E-state index contributed by atoms with van der Waals surface area (Å²) in [5, 5.41) is 14.8. The Morgan fingerprint density at radius 3 is 2.50 bits per heavy atom. The van der Waals surface area contributed by atoms with Gasteiger partial charge in [0.15, 0.2) is 0 Å². The summed E-state index contributed by atoms with van der Waals surface area (Å²) in [6.45, 7) is 2.88. The Bertz CT molecular complexity index is 2030. The number of carbonyl (C=O) groups excluding carboxylic acids is 3. The first kappa shape index (κ1) is 40.9. The van der Waals surface area contributed by atoms with E-state index in [1.807, 2.05) is 13.0 Å². The highest BCUT2D eigenvalue weighted by molar-refractivity contribution is 7.91. The number of nitrogens with one attached hydrogen (secondary N) is 3. The number of methoxy groups -OCH3 is 2. The van der Waals surface area contributed by atoms with E-state index in [1.165, 1.54) is 39.3 Å². The van der Waals surface area contributed by atoms with E-state index in [0.29, 0.717) is 32.1 Å². The predicted octanol–water partition coefficient (Wildman–Crippen LogP) is 3.15. The number of hydrogen-bond acceptors (Lipinski definition) is 11. The van der Waals surface area contributed by atoms with Crippen molar-refractivity contribution in [2.75, 3.05) is 27.4 Å². The van der Waals surface area contributed by atoms with Crippen LogP contribution in [0.1, 0.15) is 64.5 Å². The maximum absolute atomic E-state index is 14.5.